The maximum atomic E-state index is 13.4. The lowest BCUT2D eigenvalue weighted by Crippen LogP contribution is -2.71. The predicted molar refractivity (Wildman–Crippen MR) is 452 cm³/mol. The molecule has 12 heterocycles. The first-order chi connectivity index (χ1) is 69.5. The van der Waals surface area contributed by atoms with E-state index in [4.69, 9.17) is 109 Å². The van der Waals surface area contributed by atoms with Crippen molar-refractivity contribution < 1.29 is 296 Å². The average molecular weight is 2150 g/mol. The topological polar surface area (TPSA) is 1010 Å². The van der Waals surface area contributed by atoms with Gasteiger partial charge < -0.3 is 299 Å². The Balaban J connectivity index is 0.850. The molecule has 0 spiro atoms. The quantitative estimate of drug-likeness (QED) is 0.0273. The third-order valence-electron chi connectivity index (χ3n) is 27.0. The van der Waals surface area contributed by atoms with Crippen LogP contribution in [0.3, 0.4) is 0 Å². The molecule has 0 unspecified atom stereocenters. The van der Waals surface area contributed by atoms with Gasteiger partial charge in [0.2, 0.25) is 29.5 Å². The minimum Gasteiger partial charge on any atom is -0.394 e. The Morgan fingerprint density at radius 1 is 0.190 bits per heavy atom. The van der Waals surface area contributed by atoms with Crippen LogP contribution in [0.1, 0.15) is 41.5 Å². The number of carbonyl (C=O) groups excluding carboxylic acids is 5. The molecule has 12 saturated heterocycles. The molecule has 0 aromatic carbocycles. The zero-order valence-corrected chi connectivity index (χ0v) is 79.2. The predicted octanol–water partition coefficient (Wildman–Crippen LogP) is -25.4. The van der Waals surface area contributed by atoms with Crippen molar-refractivity contribution in [3.8, 4) is 0 Å². The third-order valence-corrected chi connectivity index (χ3v) is 27.0. The second-order valence-corrected chi connectivity index (χ2v) is 37.3. The van der Waals surface area contributed by atoms with Gasteiger partial charge in [-0.3, -0.25) is 24.0 Å². The minimum atomic E-state index is -2.71. The van der Waals surface area contributed by atoms with Crippen LogP contribution in [0.4, 0.5) is 0 Å². The molecule has 12 aliphatic rings. The smallest absolute Gasteiger partial charge is 0.217 e. The van der Waals surface area contributed by atoms with Crippen LogP contribution >= 0.6 is 0 Å². The minimum absolute atomic E-state index is 0.862. The standard InChI is InChI=1S/C82H137N5O60/c1-18-40(102)52(114)57(119)76(127-18)125-17-34-66(47(109)35(71(124)128-34)83-19(2)97)139-72-36(84-20(3)98)48(110)65(31(14-95)134-72)143-80-61(123)68(46(108)33(138-80)16-126-81-69(55(117)43(105)26(9-90)132-81)146-74-38(86-22(5)100)50(112)63(30(13-94)136-74)141-78-59(121)54(116)42(104)25(8-89)130-78)145-82-70(56(118)44(106)27(10-91)133-82)147-75-39(87-23(6)101)51(113)64(32(15-96)137-75)142-79-60(122)67(45(107)28(11-92)131-79)144-73-37(85-21(4)99)49(111)62(29(12-93)135-73)140-77-58(120)53(115)41(103)24(7-88)129-77/h18,24-82,88-96,102-124H,7-17H2,1-6H3,(H,83,97)(H,84,98)(H,85,99)(H,86,100)(H,87,101)/t18-,24+,25+,26+,27+,28+,29+,30+,31+,32+,33+,34+,35+,36+,37+,38+,39+,40+,41-,42-,43+,44+,45-,46+,47+,48+,49+,50+,51+,52+,53-,54-,55-,56-,57-,58+,59+,60+,61-,62+,63+,64+,65+,66+,67-,68-,69-,70-,71+,72-,73-,74-,75-,76+,77-,78-,79-,80-,81-,82+/m0/s1. The van der Waals surface area contributed by atoms with Gasteiger partial charge in [0.1, 0.15) is 287 Å². The first-order valence-electron chi connectivity index (χ1n) is 47.0. The van der Waals surface area contributed by atoms with Crippen molar-refractivity contribution in [1.29, 1.82) is 0 Å². The second-order valence-electron chi connectivity index (χ2n) is 37.3. The van der Waals surface area contributed by atoms with Crippen molar-refractivity contribution in [2.75, 3.05) is 72.7 Å². The number of amides is 5. The summed E-state index contributed by atoms with van der Waals surface area (Å²) in [6.07, 6.45) is -117. The largest absolute Gasteiger partial charge is 0.394 e. The zero-order valence-electron chi connectivity index (χ0n) is 79.2. The van der Waals surface area contributed by atoms with Gasteiger partial charge >= 0.3 is 0 Å². The van der Waals surface area contributed by atoms with E-state index in [9.17, 15) is 187 Å². The molecular formula is C82H137N5O60. The fourth-order valence-corrected chi connectivity index (χ4v) is 19.2. The summed E-state index contributed by atoms with van der Waals surface area (Å²) in [4.78, 5) is 65.2. The highest BCUT2D eigenvalue weighted by atomic mass is 16.8. The fourth-order valence-electron chi connectivity index (χ4n) is 19.2. The summed E-state index contributed by atoms with van der Waals surface area (Å²) in [5, 5.41) is 373. The molecule has 37 N–H and O–H groups in total. The molecule has 12 aliphatic heterocycles. The zero-order chi connectivity index (χ0) is 108. The van der Waals surface area contributed by atoms with Crippen molar-refractivity contribution in [3.05, 3.63) is 0 Å². The molecule has 12 fully saturated rings. The number of carbonyl (C=O) groups is 5. The summed E-state index contributed by atoms with van der Waals surface area (Å²) in [5.41, 5.74) is 0. The van der Waals surface area contributed by atoms with Gasteiger partial charge in [0.25, 0.3) is 0 Å². The maximum absolute atomic E-state index is 13.4. The van der Waals surface area contributed by atoms with Gasteiger partial charge in [-0.25, -0.2) is 0 Å². The number of ether oxygens (including phenoxy) is 23. The van der Waals surface area contributed by atoms with Gasteiger partial charge in [-0.15, -0.1) is 0 Å². The highest BCUT2D eigenvalue weighted by molar-refractivity contribution is 5.75. The molecule has 5 amide bonds. The van der Waals surface area contributed by atoms with E-state index in [2.05, 4.69) is 26.6 Å². The number of aliphatic hydroxyl groups is 32. The van der Waals surface area contributed by atoms with Gasteiger partial charge in [-0.05, 0) is 6.92 Å². The highest BCUT2D eigenvalue weighted by Gasteiger charge is 2.64. The van der Waals surface area contributed by atoms with E-state index in [0.29, 0.717) is 0 Å². The first kappa shape index (κ1) is 121. The summed E-state index contributed by atoms with van der Waals surface area (Å²) in [6.45, 7) is -6.79. The van der Waals surface area contributed by atoms with Crippen LogP contribution in [-0.4, -0.2) is 634 Å². The van der Waals surface area contributed by atoms with Crippen molar-refractivity contribution >= 4 is 29.5 Å². The van der Waals surface area contributed by atoms with E-state index >= 15 is 0 Å². The van der Waals surface area contributed by atoms with Gasteiger partial charge in [0.15, 0.2) is 75.5 Å². The fraction of sp³-hybridized carbons (Fsp3) is 0.939. The first-order valence-corrected chi connectivity index (χ1v) is 47.0. The molecule has 0 aliphatic carbocycles. The summed E-state index contributed by atoms with van der Waals surface area (Å²) >= 11 is 0. The normalized spacial score (nSPS) is 49.6. The molecule has 0 saturated carbocycles. The van der Waals surface area contributed by atoms with E-state index < -0.39 is 470 Å². The number of aliphatic hydroxyl groups excluding tert-OH is 32. The molecule has 0 aromatic rings. The number of hydrogen-bond donors (Lipinski definition) is 37. The van der Waals surface area contributed by atoms with Crippen molar-refractivity contribution in [2.45, 2.75) is 410 Å². The van der Waals surface area contributed by atoms with Crippen molar-refractivity contribution in [1.82, 2.24) is 26.6 Å². The van der Waals surface area contributed by atoms with Crippen LogP contribution in [0.15, 0.2) is 0 Å². The second kappa shape index (κ2) is 52.8. The van der Waals surface area contributed by atoms with E-state index in [1.54, 1.807) is 0 Å². The van der Waals surface area contributed by atoms with Crippen LogP contribution in [0.5, 0.6) is 0 Å². The molecule has 12 rings (SSSR count). The monoisotopic (exact) mass is 2150 g/mol. The number of rotatable bonds is 38. The summed E-state index contributed by atoms with van der Waals surface area (Å²) in [5.74, 6) is -4.89. The van der Waals surface area contributed by atoms with E-state index in [1.165, 1.54) is 6.92 Å². The summed E-state index contributed by atoms with van der Waals surface area (Å²) < 4.78 is 137. The molecule has 147 heavy (non-hydrogen) atoms. The molecule has 65 heteroatoms. The lowest BCUT2D eigenvalue weighted by Gasteiger charge is -2.51. The van der Waals surface area contributed by atoms with E-state index in [-0.39, 0.29) is 0 Å². The van der Waals surface area contributed by atoms with E-state index in [0.717, 1.165) is 34.6 Å². The van der Waals surface area contributed by atoms with E-state index in [1.807, 2.05) is 0 Å². The average Bonchev–Trinajstić information content (AvgIpc) is 0.755. The van der Waals surface area contributed by atoms with Crippen LogP contribution in [-0.2, 0) is 133 Å². The van der Waals surface area contributed by atoms with Gasteiger partial charge in [0.05, 0.1) is 78.8 Å². The number of nitrogens with one attached hydrogen (secondary N) is 5. The van der Waals surface area contributed by atoms with Crippen LogP contribution < -0.4 is 26.6 Å². The molecule has 65 nitrogen and oxygen atoms in total. The highest BCUT2D eigenvalue weighted by Crippen LogP contribution is 2.43. The van der Waals surface area contributed by atoms with Crippen molar-refractivity contribution in [2.24, 2.45) is 0 Å². The van der Waals surface area contributed by atoms with Crippen LogP contribution in [0.2, 0.25) is 0 Å². The summed E-state index contributed by atoms with van der Waals surface area (Å²) in [6, 6.07) is -9.90. The molecule has 0 bridgehead atoms. The molecule has 0 aromatic heterocycles. The Morgan fingerprint density at radius 2 is 0.415 bits per heavy atom. The Labute approximate surface area is 832 Å². The molecule has 60 atom stereocenters. The number of hydrogen-bond acceptors (Lipinski definition) is 60. The maximum Gasteiger partial charge on any atom is 0.217 e. The molecular weight excluding hydrogens is 2010 g/mol. The van der Waals surface area contributed by atoms with Crippen LogP contribution in [0.25, 0.3) is 0 Å². The van der Waals surface area contributed by atoms with Gasteiger partial charge in [-0.1, -0.05) is 0 Å². The third kappa shape index (κ3) is 26.8. The Bertz CT molecular complexity index is 4110. The van der Waals surface area contributed by atoms with Crippen LogP contribution in [0, 0.1) is 0 Å². The molecule has 0 radical (unpaired) electrons. The van der Waals surface area contributed by atoms with Gasteiger partial charge in [0, 0.05) is 34.6 Å². The lowest BCUT2D eigenvalue weighted by atomic mass is 9.93. The Morgan fingerprint density at radius 3 is 0.762 bits per heavy atom. The SMILES string of the molecule is CC(=O)N[C@@H]1[C@@H](O)[C@H](O[C@@H]2O[C@H](CO)[C@@H](O[C@@H]3O[C@H](CO[C@H]4O[C@H](CO)[C@@H](O)[C@H](O)[C@@H]4O[C@@H]4O[C@H](CO)[C@@H](O[C@@H]5O[C@H](CO)[C@H](O)[C@H](O)[C@H]5O)[C@H](O)[C@H]4NC(C)=O)[C@@H](O)[C@H](O[C@H]4O[C@H](CO)[C@@H](O)[C@H](O)[C@@H]4O[C@@H]4O[C@H](CO)[C@@H](O[C@@H]5O[C@H](CO)[C@H](O)[C@H](O[C@@H]6O[C@H](CO)[C@@H](O[C@@H]7O[C@H](CO)[C@H](O)[C@H](O)[C@H]7O)[C@H](O)[C@H]6NC(C)=O)[C@H]5O)[C@H](O)[C@H]4NC(C)=O)[C@@H]3O)[C@H](O)[C@H]2NC(C)=O)[C@@H](CO[C@@H]2O[C@@H](C)[C@@H](O)[C@@H](O)[C@@H]2O)O[C@H]1O. The molecule has 850 valence electrons. The van der Waals surface area contributed by atoms with Gasteiger partial charge in [-0.2, -0.15) is 0 Å². The lowest BCUT2D eigenvalue weighted by molar-refractivity contribution is -0.400. The Kier molecular flexibility index (Phi) is 43.4. The Hall–Kier alpha value is -4.85. The van der Waals surface area contributed by atoms with Crippen molar-refractivity contribution in [3.63, 3.8) is 0 Å². The summed E-state index contributed by atoms with van der Waals surface area (Å²) in [7, 11) is 0.